The van der Waals surface area contributed by atoms with Crippen LogP contribution in [0.4, 0.5) is 8.78 Å². The summed E-state index contributed by atoms with van der Waals surface area (Å²) in [7, 11) is 0. The third-order valence-corrected chi connectivity index (χ3v) is 2.41. The van der Waals surface area contributed by atoms with E-state index in [1.807, 2.05) is 0 Å². The van der Waals surface area contributed by atoms with Crippen LogP contribution < -0.4 is 5.32 Å². The van der Waals surface area contributed by atoms with Crippen LogP contribution in [0.3, 0.4) is 0 Å². The topological polar surface area (TPSA) is 12.0 Å². The maximum Gasteiger partial charge on any atom is 0.162 e. The summed E-state index contributed by atoms with van der Waals surface area (Å²) >= 11 is 0. The van der Waals surface area contributed by atoms with Crippen LogP contribution in [0.1, 0.15) is 18.9 Å². The van der Waals surface area contributed by atoms with Crippen LogP contribution >= 0.6 is 0 Å². The molecule has 0 bridgehead atoms. The van der Waals surface area contributed by atoms with Crippen LogP contribution in [0.15, 0.2) is 30.9 Å². The number of hydrogen-bond donors (Lipinski definition) is 1. The van der Waals surface area contributed by atoms with Gasteiger partial charge in [-0.15, -0.1) is 6.58 Å². The molecule has 1 unspecified atom stereocenters. The Bertz CT molecular complexity index is 350. The molecule has 0 aromatic heterocycles. The number of hydrogen-bond acceptors (Lipinski definition) is 1. The molecule has 0 fully saturated rings. The fraction of sp³-hybridized carbons (Fsp3) is 0.385. The van der Waals surface area contributed by atoms with E-state index in [1.54, 1.807) is 12.1 Å². The van der Waals surface area contributed by atoms with Gasteiger partial charge in [-0.25, -0.2) is 8.78 Å². The summed E-state index contributed by atoms with van der Waals surface area (Å²) in [6.45, 7) is 6.58. The SMILES string of the molecule is C=CC(Cc1cccc(F)c1F)NCCC. The van der Waals surface area contributed by atoms with Gasteiger partial charge in [0.1, 0.15) is 0 Å². The third kappa shape index (κ3) is 3.42. The predicted molar refractivity (Wildman–Crippen MR) is 62.3 cm³/mol. The Morgan fingerprint density at radius 3 is 2.81 bits per heavy atom. The van der Waals surface area contributed by atoms with Crippen molar-refractivity contribution in [3.05, 3.63) is 48.1 Å². The van der Waals surface area contributed by atoms with Gasteiger partial charge in [-0.2, -0.15) is 0 Å². The highest BCUT2D eigenvalue weighted by molar-refractivity contribution is 5.20. The highest BCUT2D eigenvalue weighted by Gasteiger charge is 2.11. The van der Waals surface area contributed by atoms with Gasteiger partial charge >= 0.3 is 0 Å². The van der Waals surface area contributed by atoms with Crippen molar-refractivity contribution < 1.29 is 8.78 Å². The molecule has 1 aromatic rings. The first kappa shape index (κ1) is 12.8. The molecule has 0 aliphatic carbocycles. The lowest BCUT2D eigenvalue weighted by atomic mass is 10.1. The van der Waals surface area contributed by atoms with Crippen LogP contribution in [-0.4, -0.2) is 12.6 Å². The van der Waals surface area contributed by atoms with Crippen molar-refractivity contribution >= 4 is 0 Å². The quantitative estimate of drug-likeness (QED) is 0.734. The standard InChI is InChI=1S/C13H17F2N/c1-3-8-16-11(4-2)9-10-6-5-7-12(14)13(10)15/h4-7,11,16H,2-3,8-9H2,1H3. The van der Waals surface area contributed by atoms with E-state index in [4.69, 9.17) is 0 Å². The molecule has 1 N–H and O–H groups in total. The van der Waals surface area contributed by atoms with E-state index in [2.05, 4.69) is 18.8 Å². The fourth-order valence-corrected chi connectivity index (χ4v) is 1.51. The Morgan fingerprint density at radius 1 is 1.44 bits per heavy atom. The van der Waals surface area contributed by atoms with Gasteiger partial charge in [0.2, 0.25) is 0 Å². The number of halogens is 2. The molecule has 1 nitrogen and oxygen atoms in total. The average Bonchev–Trinajstić information content (AvgIpc) is 2.30. The van der Waals surface area contributed by atoms with Crippen molar-refractivity contribution in [2.24, 2.45) is 0 Å². The summed E-state index contributed by atoms with van der Waals surface area (Å²) in [5.41, 5.74) is 0.383. The molecule has 1 aromatic carbocycles. The zero-order chi connectivity index (χ0) is 12.0. The summed E-state index contributed by atoms with van der Waals surface area (Å²) in [5.74, 6) is -1.55. The van der Waals surface area contributed by atoms with Crippen molar-refractivity contribution in [2.45, 2.75) is 25.8 Å². The average molecular weight is 225 g/mol. The Morgan fingerprint density at radius 2 is 2.19 bits per heavy atom. The van der Waals surface area contributed by atoms with Crippen molar-refractivity contribution in [3.8, 4) is 0 Å². The fourth-order valence-electron chi connectivity index (χ4n) is 1.51. The van der Waals surface area contributed by atoms with Gasteiger partial charge in [-0.1, -0.05) is 25.1 Å². The Hall–Kier alpha value is -1.22. The zero-order valence-corrected chi connectivity index (χ0v) is 9.47. The highest BCUT2D eigenvalue weighted by Crippen LogP contribution is 2.13. The Labute approximate surface area is 95.2 Å². The van der Waals surface area contributed by atoms with Gasteiger partial charge in [-0.3, -0.25) is 0 Å². The van der Waals surface area contributed by atoms with Crippen molar-refractivity contribution in [1.82, 2.24) is 5.32 Å². The van der Waals surface area contributed by atoms with Crippen LogP contribution in [0.2, 0.25) is 0 Å². The lowest BCUT2D eigenvalue weighted by molar-refractivity contribution is 0.489. The summed E-state index contributed by atoms with van der Waals surface area (Å²) in [6.07, 6.45) is 3.14. The molecule has 1 rings (SSSR count). The van der Waals surface area contributed by atoms with Crippen LogP contribution in [0.5, 0.6) is 0 Å². The summed E-state index contributed by atoms with van der Waals surface area (Å²) in [4.78, 5) is 0. The van der Waals surface area contributed by atoms with Gasteiger partial charge in [0.05, 0.1) is 0 Å². The van der Waals surface area contributed by atoms with E-state index in [9.17, 15) is 8.78 Å². The first-order chi connectivity index (χ1) is 7.69. The van der Waals surface area contributed by atoms with Gasteiger partial charge in [0.15, 0.2) is 11.6 Å². The molecule has 0 radical (unpaired) electrons. The molecule has 3 heteroatoms. The van der Waals surface area contributed by atoms with Crippen LogP contribution in [0.25, 0.3) is 0 Å². The van der Waals surface area contributed by atoms with Gasteiger partial charge in [0.25, 0.3) is 0 Å². The minimum absolute atomic E-state index is 0.0174. The van der Waals surface area contributed by atoms with E-state index in [0.29, 0.717) is 12.0 Å². The number of benzene rings is 1. The molecule has 0 amide bonds. The highest BCUT2D eigenvalue weighted by atomic mass is 19.2. The molecule has 0 saturated carbocycles. The molecule has 88 valence electrons. The Balaban J connectivity index is 2.70. The van der Waals surface area contributed by atoms with Crippen LogP contribution in [0, 0.1) is 11.6 Å². The monoisotopic (exact) mass is 225 g/mol. The van der Waals surface area contributed by atoms with Gasteiger partial charge < -0.3 is 5.32 Å². The molecule has 0 aliphatic heterocycles. The first-order valence-electron chi connectivity index (χ1n) is 5.47. The zero-order valence-electron chi connectivity index (χ0n) is 9.47. The second-order valence-corrected chi connectivity index (χ2v) is 3.71. The van der Waals surface area contributed by atoms with Crippen molar-refractivity contribution in [2.75, 3.05) is 6.54 Å². The molecule has 0 saturated heterocycles. The van der Waals surface area contributed by atoms with E-state index in [-0.39, 0.29) is 6.04 Å². The van der Waals surface area contributed by atoms with Crippen LogP contribution in [-0.2, 0) is 6.42 Å². The summed E-state index contributed by atoms with van der Waals surface area (Å²) in [6, 6.07) is 4.23. The van der Waals surface area contributed by atoms with Gasteiger partial charge in [-0.05, 0) is 31.0 Å². The van der Waals surface area contributed by atoms with Crippen molar-refractivity contribution in [1.29, 1.82) is 0 Å². The van der Waals surface area contributed by atoms with Crippen molar-refractivity contribution in [3.63, 3.8) is 0 Å². The maximum atomic E-state index is 13.4. The molecule has 0 aliphatic rings. The second kappa shape index (κ2) is 6.38. The van der Waals surface area contributed by atoms with Gasteiger partial charge in [0, 0.05) is 6.04 Å². The Kier molecular flexibility index (Phi) is 5.12. The third-order valence-electron chi connectivity index (χ3n) is 2.41. The summed E-state index contributed by atoms with van der Waals surface area (Å²) in [5, 5.41) is 3.21. The van der Waals surface area contributed by atoms with E-state index >= 15 is 0 Å². The summed E-state index contributed by atoms with van der Waals surface area (Å²) < 4.78 is 26.3. The molecular weight excluding hydrogens is 208 g/mol. The lowest BCUT2D eigenvalue weighted by Gasteiger charge is -2.14. The molecular formula is C13H17F2N. The smallest absolute Gasteiger partial charge is 0.162 e. The maximum absolute atomic E-state index is 13.4. The predicted octanol–water partition coefficient (Wildman–Crippen LogP) is 3.06. The number of rotatable bonds is 6. The molecule has 16 heavy (non-hydrogen) atoms. The van der Waals surface area contributed by atoms with E-state index in [0.717, 1.165) is 19.0 Å². The van der Waals surface area contributed by atoms with E-state index < -0.39 is 11.6 Å². The lowest BCUT2D eigenvalue weighted by Crippen LogP contribution is -2.30. The largest absolute Gasteiger partial charge is 0.310 e. The first-order valence-corrected chi connectivity index (χ1v) is 5.47. The van der Waals surface area contributed by atoms with E-state index in [1.165, 1.54) is 6.07 Å². The molecule has 0 spiro atoms. The number of nitrogens with one attached hydrogen (secondary N) is 1. The molecule has 1 atom stereocenters. The molecule has 0 heterocycles. The minimum atomic E-state index is -0.796. The normalized spacial score (nSPS) is 12.4. The minimum Gasteiger partial charge on any atom is -0.310 e. The second-order valence-electron chi connectivity index (χ2n) is 3.71.